The van der Waals surface area contributed by atoms with Crippen LogP contribution >= 0.6 is 0 Å². The van der Waals surface area contributed by atoms with Gasteiger partial charge in [-0.1, -0.05) is 0 Å². The maximum atomic E-state index is 10.9. The molecule has 1 fully saturated rings. The number of nitrogens with zero attached hydrogens (tertiary/aromatic N) is 2. The zero-order chi connectivity index (χ0) is 14.6. The second-order valence-electron chi connectivity index (χ2n) is 5.21. The molecule has 7 nitrogen and oxygen atoms in total. The number of hydrogen-bond donors (Lipinski definition) is 3. The van der Waals surface area contributed by atoms with E-state index >= 15 is 0 Å². The Hall–Kier alpha value is -1.89. The van der Waals surface area contributed by atoms with Gasteiger partial charge in [0.05, 0.1) is 17.1 Å². The van der Waals surface area contributed by atoms with E-state index < -0.39 is 4.92 Å². The van der Waals surface area contributed by atoms with Gasteiger partial charge in [0.1, 0.15) is 11.6 Å². The van der Waals surface area contributed by atoms with Crippen molar-refractivity contribution in [3.8, 4) is 0 Å². The summed E-state index contributed by atoms with van der Waals surface area (Å²) >= 11 is 0. The van der Waals surface area contributed by atoms with Crippen LogP contribution in [0.15, 0.2) is 12.1 Å². The van der Waals surface area contributed by atoms with Gasteiger partial charge in [-0.25, -0.2) is 4.98 Å². The van der Waals surface area contributed by atoms with E-state index in [9.17, 15) is 10.1 Å². The predicted molar refractivity (Wildman–Crippen MR) is 76.9 cm³/mol. The average Bonchev–Trinajstić information content (AvgIpc) is 3.17. The molecule has 0 unspecified atom stereocenters. The highest BCUT2D eigenvalue weighted by molar-refractivity contribution is 5.54. The van der Waals surface area contributed by atoms with Crippen LogP contribution in [-0.2, 0) is 0 Å². The minimum atomic E-state index is -0.422. The molecule has 1 heterocycles. The number of aliphatic hydroxyl groups is 1. The Morgan fingerprint density at radius 2 is 2.05 bits per heavy atom. The minimum Gasteiger partial charge on any atom is -0.396 e. The minimum absolute atomic E-state index is 0.0189. The highest BCUT2D eigenvalue weighted by Gasteiger charge is 2.41. The summed E-state index contributed by atoms with van der Waals surface area (Å²) in [5.74, 6) is 0.996. The van der Waals surface area contributed by atoms with Crippen molar-refractivity contribution < 1.29 is 10.0 Å². The Balaban J connectivity index is 2.08. The Bertz CT molecular complexity index is 489. The fourth-order valence-electron chi connectivity index (χ4n) is 2.19. The van der Waals surface area contributed by atoms with E-state index in [-0.39, 0.29) is 17.7 Å². The van der Waals surface area contributed by atoms with Crippen LogP contribution in [0.1, 0.15) is 26.2 Å². The molecule has 2 rings (SSSR count). The van der Waals surface area contributed by atoms with Gasteiger partial charge in [0, 0.05) is 19.7 Å². The number of anilines is 2. The van der Waals surface area contributed by atoms with E-state index in [4.69, 9.17) is 5.11 Å². The number of rotatable bonds is 8. The van der Waals surface area contributed by atoms with E-state index in [1.807, 2.05) is 6.92 Å². The fraction of sp³-hybridized carbons (Fsp3) is 0.615. The summed E-state index contributed by atoms with van der Waals surface area (Å²) in [6, 6.07) is 2.87. The maximum Gasteiger partial charge on any atom is 0.276 e. The molecule has 1 aliphatic rings. The number of aromatic nitrogens is 1. The second kappa shape index (κ2) is 6.04. The zero-order valence-corrected chi connectivity index (χ0v) is 11.6. The number of pyridine rings is 1. The topological polar surface area (TPSA) is 100 Å². The molecule has 1 aromatic heterocycles. The first-order chi connectivity index (χ1) is 9.58. The molecule has 0 aromatic carbocycles. The summed E-state index contributed by atoms with van der Waals surface area (Å²) < 4.78 is 0. The lowest BCUT2D eigenvalue weighted by atomic mass is 10.0. The highest BCUT2D eigenvalue weighted by Crippen LogP contribution is 2.48. The van der Waals surface area contributed by atoms with Gasteiger partial charge < -0.3 is 15.7 Å². The number of hydrogen-bond acceptors (Lipinski definition) is 6. The van der Waals surface area contributed by atoms with Crippen molar-refractivity contribution in [2.45, 2.75) is 26.2 Å². The monoisotopic (exact) mass is 280 g/mol. The first kappa shape index (κ1) is 14.5. The molecule has 0 radical (unpaired) electrons. The summed E-state index contributed by atoms with van der Waals surface area (Å²) in [6.45, 7) is 3.43. The Kier molecular flexibility index (Phi) is 4.39. The molecule has 7 heteroatoms. The van der Waals surface area contributed by atoms with Gasteiger partial charge in [-0.15, -0.1) is 0 Å². The van der Waals surface area contributed by atoms with E-state index in [0.717, 1.165) is 19.3 Å². The maximum absolute atomic E-state index is 10.9. The summed E-state index contributed by atoms with van der Waals surface area (Å²) in [5.41, 5.74) is 0.157. The third-order valence-electron chi connectivity index (χ3n) is 3.62. The quantitative estimate of drug-likeness (QED) is 0.497. The molecule has 0 aliphatic heterocycles. The molecule has 1 saturated carbocycles. The number of nitro groups is 1. The van der Waals surface area contributed by atoms with Crippen molar-refractivity contribution in [3.05, 3.63) is 22.2 Å². The molecule has 110 valence electrons. The molecular formula is C13H20N4O3. The van der Waals surface area contributed by atoms with Gasteiger partial charge in [-0.05, 0) is 31.6 Å². The van der Waals surface area contributed by atoms with E-state index in [0.29, 0.717) is 24.7 Å². The van der Waals surface area contributed by atoms with Crippen LogP contribution in [0.5, 0.6) is 0 Å². The first-order valence-corrected chi connectivity index (χ1v) is 6.84. The normalized spacial score (nSPS) is 15.7. The SMILES string of the molecule is CCNc1cc([N+](=O)[O-])cc(NCC2(CCO)CC2)n1. The molecule has 0 saturated heterocycles. The van der Waals surface area contributed by atoms with Crippen LogP contribution < -0.4 is 10.6 Å². The van der Waals surface area contributed by atoms with Gasteiger partial charge in [-0.3, -0.25) is 10.1 Å². The van der Waals surface area contributed by atoms with Crippen LogP contribution in [0.3, 0.4) is 0 Å². The van der Waals surface area contributed by atoms with E-state index in [2.05, 4.69) is 15.6 Å². The van der Waals surface area contributed by atoms with Gasteiger partial charge in [-0.2, -0.15) is 0 Å². The largest absolute Gasteiger partial charge is 0.396 e. The van der Waals surface area contributed by atoms with Crippen LogP contribution in [0.2, 0.25) is 0 Å². The average molecular weight is 280 g/mol. The lowest BCUT2D eigenvalue weighted by Crippen LogP contribution is -2.17. The number of aliphatic hydroxyl groups excluding tert-OH is 1. The van der Waals surface area contributed by atoms with Crippen LogP contribution in [0, 0.1) is 15.5 Å². The van der Waals surface area contributed by atoms with Crippen LogP contribution in [0.4, 0.5) is 17.3 Å². The molecule has 20 heavy (non-hydrogen) atoms. The molecule has 0 amide bonds. The summed E-state index contributed by atoms with van der Waals surface area (Å²) in [4.78, 5) is 14.8. The van der Waals surface area contributed by atoms with E-state index in [1.165, 1.54) is 12.1 Å². The third kappa shape index (κ3) is 3.57. The van der Waals surface area contributed by atoms with Gasteiger partial charge >= 0.3 is 0 Å². The summed E-state index contributed by atoms with van der Waals surface area (Å²) in [5, 5.41) is 26.1. The van der Waals surface area contributed by atoms with Gasteiger partial charge in [0.15, 0.2) is 0 Å². The van der Waals surface area contributed by atoms with Gasteiger partial charge in [0.2, 0.25) is 0 Å². The second-order valence-corrected chi connectivity index (χ2v) is 5.21. The number of nitrogens with one attached hydrogen (secondary N) is 2. The standard InChI is InChI=1S/C13H20N4O3/c1-2-14-11-7-10(17(19)20)8-12(16-11)15-9-13(3-4-13)5-6-18/h7-8,18H,2-6,9H2,1H3,(H2,14,15,16). The van der Waals surface area contributed by atoms with E-state index in [1.54, 1.807) is 0 Å². The Labute approximate surface area is 117 Å². The molecule has 1 aromatic rings. The smallest absolute Gasteiger partial charge is 0.276 e. The van der Waals surface area contributed by atoms with Crippen molar-refractivity contribution in [2.75, 3.05) is 30.3 Å². The van der Waals surface area contributed by atoms with Crippen molar-refractivity contribution in [1.29, 1.82) is 0 Å². The lowest BCUT2D eigenvalue weighted by molar-refractivity contribution is -0.384. The van der Waals surface area contributed by atoms with Crippen molar-refractivity contribution in [3.63, 3.8) is 0 Å². The van der Waals surface area contributed by atoms with Crippen molar-refractivity contribution in [1.82, 2.24) is 4.98 Å². The summed E-state index contributed by atoms with van der Waals surface area (Å²) in [7, 11) is 0. The van der Waals surface area contributed by atoms with Crippen molar-refractivity contribution >= 4 is 17.3 Å². The molecule has 0 spiro atoms. The molecule has 0 atom stereocenters. The molecule has 0 bridgehead atoms. The molecule has 1 aliphatic carbocycles. The Morgan fingerprint density at radius 3 is 2.55 bits per heavy atom. The molecule has 3 N–H and O–H groups in total. The van der Waals surface area contributed by atoms with Crippen LogP contribution in [0.25, 0.3) is 0 Å². The predicted octanol–water partition coefficient (Wildman–Crippen LogP) is 2.00. The zero-order valence-electron chi connectivity index (χ0n) is 11.6. The fourth-order valence-corrected chi connectivity index (χ4v) is 2.19. The van der Waals surface area contributed by atoms with Gasteiger partial charge in [0.25, 0.3) is 5.69 Å². The lowest BCUT2D eigenvalue weighted by Gasteiger charge is -2.15. The molecular weight excluding hydrogens is 260 g/mol. The van der Waals surface area contributed by atoms with Crippen molar-refractivity contribution in [2.24, 2.45) is 5.41 Å². The highest BCUT2D eigenvalue weighted by atomic mass is 16.6. The Morgan fingerprint density at radius 1 is 1.40 bits per heavy atom. The first-order valence-electron chi connectivity index (χ1n) is 6.84. The third-order valence-corrected chi connectivity index (χ3v) is 3.62. The summed E-state index contributed by atoms with van der Waals surface area (Å²) in [6.07, 6.45) is 2.92. The van der Waals surface area contributed by atoms with Crippen LogP contribution in [-0.4, -0.2) is 34.7 Å².